The van der Waals surface area contributed by atoms with Gasteiger partial charge in [-0.1, -0.05) is 18.5 Å². The molecule has 17 heavy (non-hydrogen) atoms. The third-order valence-corrected chi connectivity index (χ3v) is 2.90. The number of anilines is 1. The third-order valence-electron chi connectivity index (χ3n) is 2.66. The van der Waals surface area contributed by atoms with Gasteiger partial charge in [-0.2, -0.15) is 0 Å². The molecular weight excluding hydrogens is 240 g/mol. The van der Waals surface area contributed by atoms with Crippen molar-refractivity contribution in [2.75, 3.05) is 12.4 Å². The summed E-state index contributed by atoms with van der Waals surface area (Å²) in [6.45, 7) is 3.54. The summed E-state index contributed by atoms with van der Waals surface area (Å²) in [5.41, 5.74) is 5.46. The molecule has 0 saturated heterocycles. The number of halogens is 1. The largest absolute Gasteiger partial charge is 0.495 e. The Balaban J connectivity index is 2.95. The number of methoxy groups -OCH3 is 1. The summed E-state index contributed by atoms with van der Waals surface area (Å²) < 4.78 is 5.13. The van der Waals surface area contributed by atoms with Crippen LogP contribution in [0, 0.1) is 0 Å². The van der Waals surface area contributed by atoms with Crippen molar-refractivity contribution in [3.8, 4) is 5.75 Å². The molecule has 94 valence electrons. The molecule has 0 aromatic heterocycles. The predicted molar refractivity (Wildman–Crippen MR) is 69.5 cm³/mol. The van der Waals surface area contributed by atoms with E-state index in [2.05, 4.69) is 5.32 Å². The molecule has 1 amide bonds. The third kappa shape index (κ3) is 3.35. The Morgan fingerprint density at radius 3 is 2.76 bits per heavy atom. The zero-order valence-corrected chi connectivity index (χ0v) is 11.0. The number of benzene rings is 1. The zero-order chi connectivity index (χ0) is 13.1. The Hall–Kier alpha value is -1.26. The number of carbonyl (C=O) groups excluding carboxylic acids is 1. The highest BCUT2D eigenvalue weighted by Crippen LogP contribution is 2.28. The number of carbonyl (C=O) groups is 1. The molecule has 0 radical (unpaired) electrons. The lowest BCUT2D eigenvalue weighted by Crippen LogP contribution is -2.47. The molecule has 0 heterocycles. The quantitative estimate of drug-likeness (QED) is 0.870. The molecule has 1 atom stereocenters. The fraction of sp³-hybridized carbons (Fsp3) is 0.417. The summed E-state index contributed by atoms with van der Waals surface area (Å²) in [6.07, 6.45) is 0.543. The number of nitrogens with two attached hydrogens (primary N) is 1. The highest BCUT2D eigenvalue weighted by atomic mass is 35.5. The first-order valence-corrected chi connectivity index (χ1v) is 5.72. The average molecular weight is 257 g/mol. The second kappa shape index (κ2) is 5.38. The van der Waals surface area contributed by atoms with Gasteiger partial charge in [0.1, 0.15) is 5.75 Å². The van der Waals surface area contributed by atoms with E-state index in [9.17, 15) is 4.79 Å². The van der Waals surface area contributed by atoms with Crippen LogP contribution >= 0.6 is 11.6 Å². The van der Waals surface area contributed by atoms with Crippen molar-refractivity contribution in [3.63, 3.8) is 0 Å². The van der Waals surface area contributed by atoms with Crippen molar-refractivity contribution in [2.24, 2.45) is 5.73 Å². The van der Waals surface area contributed by atoms with Crippen molar-refractivity contribution in [2.45, 2.75) is 25.8 Å². The van der Waals surface area contributed by atoms with Gasteiger partial charge in [-0.15, -0.1) is 0 Å². The second-order valence-corrected chi connectivity index (χ2v) is 4.51. The van der Waals surface area contributed by atoms with Crippen LogP contribution < -0.4 is 15.8 Å². The Labute approximate surface area is 106 Å². The maximum atomic E-state index is 11.9. The number of rotatable bonds is 4. The van der Waals surface area contributed by atoms with Crippen molar-refractivity contribution in [1.29, 1.82) is 0 Å². The molecule has 1 unspecified atom stereocenters. The number of amides is 1. The van der Waals surface area contributed by atoms with Crippen LogP contribution in [0.3, 0.4) is 0 Å². The van der Waals surface area contributed by atoms with Gasteiger partial charge in [0, 0.05) is 5.02 Å². The lowest BCUT2D eigenvalue weighted by molar-refractivity contribution is -0.120. The monoisotopic (exact) mass is 256 g/mol. The number of ether oxygens (including phenoxy) is 1. The van der Waals surface area contributed by atoms with E-state index in [1.54, 1.807) is 25.1 Å². The molecule has 0 spiro atoms. The highest BCUT2D eigenvalue weighted by molar-refractivity contribution is 6.31. The fourth-order valence-electron chi connectivity index (χ4n) is 1.20. The molecule has 0 aliphatic heterocycles. The van der Waals surface area contributed by atoms with E-state index in [0.717, 1.165) is 0 Å². The molecule has 0 bridgehead atoms. The Bertz CT molecular complexity index is 419. The highest BCUT2D eigenvalue weighted by Gasteiger charge is 2.26. The van der Waals surface area contributed by atoms with E-state index in [4.69, 9.17) is 22.1 Å². The first kappa shape index (κ1) is 13.8. The molecular formula is C12H17ClN2O2. The first-order chi connectivity index (χ1) is 7.90. The van der Waals surface area contributed by atoms with Gasteiger partial charge in [0.2, 0.25) is 5.91 Å². The molecule has 0 fully saturated rings. The summed E-state index contributed by atoms with van der Waals surface area (Å²) in [5.74, 6) is 0.287. The SMILES string of the molecule is CCC(C)(N)C(=O)Nc1cc(Cl)ccc1OC. The minimum absolute atomic E-state index is 0.263. The first-order valence-electron chi connectivity index (χ1n) is 5.34. The summed E-state index contributed by atoms with van der Waals surface area (Å²) in [6, 6.07) is 5.01. The van der Waals surface area contributed by atoms with Crippen LogP contribution in [0.5, 0.6) is 5.75 Å². The van der Waals surface area contributed by atoms with E-state index < -0.39 is 5.54 Å². The Morgan fingerprint density at radius 2 is 2.24 bits per heavy atom. The van der Waals surface area contributed by atoms with E-state index >= 15 is 0 Å². The molecule has 0 saturated carbocycles. The molecule has 0 aliphatic rings. The van der Waals surface area contributed by atoms with Crippen LogP contribution in [0.1, 0.15) is 20.3 Å². The summed E-state index contributed by atoms with van der Waals surface area (Å²) in [7, 11) is 1.53. The van der Waals surface area contributed by atoms with Gasteiger partial charge in [0.05, 0.1) is 18.3 Å². The lowest BCUT2D eigenvalue weighted by Gasteiger charge is -2.22. The van der Waals surface area contributed by atoms with E-state index in [1.165, 1.54) is 7.11 Å². The molecule has 4 nitrogen and oxygen atoms in total. The van der Waals surface area contributed by atoms with Gasteiger partial charge < -0.3 is 15.8 Å². The van der Waals surface area contributed by atoms with Crippen LogP contribution in [0.15, 0.2) is 18.2 Å². The maximum Gasteiger partial charge on any atom is 0.244 e. The topological polar surface area (TPSA) is 64.4 Å². The zero-order valence-electron chi connectivity index (χ0n) is 10.2. The molecule has 5 heteroatoms. The minimum Gasteiger partial charge on any atom is -0.495 e. The Morgan fingerprint density at radius 1 is 1.59 bits per heavy atom. The van der Waals surface area contributed by atoms with Gasteiger partial charge >= 0.3 is 0 Å². The fourth-order valence-corrected chi connectivity index (χ4v) is 1.38. The van der Waals surface area contributed by atoms with E-state index in [1.807, 2.05) is 6.92 Å². The van der Waals surface area contributed by atoms with E-state index in [0.29, 0.717) is 22.9 Å². The smallest absolute Gasteiger partial charge is 0.244 e. The van der Waals surface area contributed by atoms with Gasteiger partial charge in [0.15, 0.2) is 0 Å². The molecule has 1 aromatic carbocycles. The number of hydrogen-bond donors (Lipinski definition) is 2. The van der Waals surface area contributed by atoms with Crippen LogP contribution in [-0.2, 0) is 4.79 Å². The summed E-state index contributed by atoms with van der Waals surface area (Å²) in [5, 5.41) is 3.24. The van der Waals surface area contributed by atoms with E-state index in [-0.39, 0.29) is 5.91 Å². The number of hydrogen-bond acceptors (Lipinski definition) is 3. The summed E-state index contributed by atoms with van der Waals surface area (Å²) in [4.78, 5) is 11.9. The van der Waals surface area contributed by atoms with Gasteiger partial charge in [-0.25, -0.2) is 0 Å². The minimum atomic E-state index is -0.909. The van der Waals surface area contributed by atoms with Crippen molar-refractivity contribution >= 4 is 23.2 Å². The second-order valence-electron chi connectivity index (χ2n) is 4.07. The predicted octanol–water partition coefficient (Wildman–Crippen LogP) is 2.41. The van der Waals surface area contributed by atoms with Crippen molar-refractivity contribution in [1.82, 2.24) is 0 Å². The van der Waals surface area contributed by atoms with Gasteiger partial charge in [-0.3, -0.25) is 4.79 Å². The van der Waals surface area contributed by atoms with Crippen LogP contribution in [0.2, 0.25) is 5.02 Å². The normalized spacial score (nSPS) is 13.9. The molecule has 1 rings (SSSR count). The van der Waals surface area contributed by atoms with Crippen LogP contribution in [-0.4, -0.2) is 18.6 Å². The lowest BCUT2D eigenvalue weighted by atomic mass is 9.99. The van der Waals surface area contributed by atoms with Gasteiger partial charge in [-0.05, 0) is 31.5 Å². The van der Waals surface area contributed by atoms with Gasteiger partial charge in [0.25, 0.3) is 0 Å². The summed E-state index contributed by atoms with van der Waals surface area (Å²) >= 11 is 5.87. The average Bonchev–Trinajstić information content (AvgIpc) is 2.29. The Kier molecular flexibility index (Phi) is 4.37. The number of nitrogens with one attached hydrogen (secondary N) is 1. The molecule has 0 aliphatic carbocycles. The standard InChI is InChI=1S/C12H17ClN2O2/c1-4-12(2,14)11(16)15-9-7-8(13)5-6-10(9)17-3/h5-7H,4,14H2,1-3H3,(H,15,16). The van der Waals surface area contributed by atoms with Crippen LogP contribution in [0.4, 0.5) is 5.69 Å². The van der Waals surface area contributed by atoms with Crippen molar-refractivity contribution < 1.29 is 9.53 Å². The molecule has 1 aromatic rings. The van der Waals surface area contributed by atoms with Crippen LogP contribution in [0.25, 0.3) is 0 Å². The maximum absolute atomic E-state index is 11.9. The van der Waals surface area contributed by atoms with Crippen molar-refractivity contribution in [3.05, 3.63) is 23.2 Å². The molecule has 3 N–H and O–H groups in total.